The third-order valence-electron chi connectivity index (χ3n) is 2.64. The van der Waals surface area contributed by atoms with E-state index >= 15 is 0 Å². The molecule has 1 aliphatic rings. The van der Waals surface area contributed by atoms with Crippen LogP contribution in [0.4, 0.5) is 0 Å². The molecule has 1 aliphatic carbocycles. The highest BCUT2D eigenvalue weighted by Gasteiger charge is 2.14. The highest BCUT2D eigenvalue weighted by atomic mass is 32.2. The normalized spacial score (nSPS) is 18.2. The lowest BCUT2D eigenvalue weighted by Gasteiger charge is -2.05. The molecular formula is C10H16N2S. The highest BCUT2D eigenvalue weighted by molar-refractivity contribution is 7.99. The fourth-order valence-electron chi connectivity index (χ4n) is 1.86. The van der Waals surface area contributed by atoms with Gasteiger partial charge >= 0.3 is 0 Å². The van der Waals surface area contributed by atoms with Gasteiger partial charge in [-0.1, -0.05) is 12.8 Å². The van der Waals surface area contributed by atoms with Crippen molar-refractivity contribution in [3.8, 4) is 0 Å². The minimum Gasteiger partial charge on any atom is -0.275 e. The van der Waals surface area contributed by atoms with Crippen LogP contribution in [0.1, 0.15) is 25.7 Å². The van der Waals surface area contributed by atoms with Crippen molar-refractivity contribution >= 4 is 11.8 Å². The van der Waals surface area contributed by atoms with Crippen molar-refractivity contribution in [2.24, 2.45) is 13.0 Å². The van der Waals surface area contributed by atoms with Crippen LogP contribution in [0.3, 0.4) is 0 Å². The quantitative estimate of drug-likeness (QED) is 0.692. The third kappa shape index (κ3) is 2.50. The second-order valence-electron chi connectivity index (χ2n) is 3.81. The fraction of sp³-hybridized carbons (Fsp3) is 0.700. The maximum absolute atomic E-state index is 4.16. The molecule has 1 fully saturated rings. The first-order valence-corrected chi connectivity index (χ1v) is 5.94. The van der Waals surface area contributed by atoms with Gasteiger partial charge in [-0.15, -0.1) is 11.8 Å². The van der Waals surface area contributed by atoms with Crippen molar-refractivity contribution in [1.29, 1.82) is 0 Å². The summed E-state index contributed by atoms with van der Waals surface area (Å²) in [6.07, 6.45) is 9.82. The number of aryl methyl sites for hydroxylation is 1. The van der Waals surface area contributed by atoms with Crippen molar-refractivity contribution in [3.05, 3.63) is 12.4 Å². The van der Waals surface area contributed by atoms with E-state index in [0.717, 1.165) is 5.92 Å². The first kappa shape index (κ1) is 9.13. The smallest absolute Gasteiger partial charge is 0.0625 e. The molecule has 72 valence electrons. The van der Waals surface area contributed by atoms with Gasteiger partial charge in [-0.3, -0.25) is 4.68 Å². The minimum atomic E-state index is 0.963. The number of rotatable bonds is 3. The Morgan fingerprint density at radius 2 is 2.31 bits per heavy atom. The van der Waals surface area contributed by atoms with Gasteiger partial charge in [-0.05, 0) is 18.8 Å². The van der Waals surface area contributed by atoms with E-state index in [9.17, 15) is 0 Å². The average molecular weight is 196 g/mol. The Labute approximate surface area is 83.7 Å². The van der Waals surface area contributed by atoms with E-state index in [2.05, 4.69) is 11.3 Å². The summed E-state index contributed by atoms with van der Waals surface area (Å²) in [6, 6.07) is 0. The van der Waals surface area contributed by atoms with Gasteiger partial charge in [0.15, 0.2) is 0 Å². The number of nitrogens with zero attached hydrogens (tertiary/aromatic N) is 2. The number of aromatic nitrogens is 2. The van der Waals surface area contributed by atoms with E-state index in [0.29, 0.717) is 0 Å². The molecule has 0 aliphatic heterocycles. The molecule has 2 nitrogen and oxygen atoms in total. The van der Waals surface area contributed by atoms with Crippen molar-refractivity contribution in [2.45, 2.75) is 30.6 Å². The molecule has 1 aromatic rings. The monoisotopic (exact) mass is 196 g/mol. The molecule has 0 unspecified atom stereocenters. The van der Waals surface area contributed by atoms with Crippen LogP contribution in [-0.2, 0) is 7.05 Å². The summed E-state index contributed by atoms with van der Waals surface area (Å²) >= 11 is 1.96. The van der Waals surface area contributed by atoms with Gasteiger partial charge in [0.05, 0.1) is 6.20 Å². The van der Waals surface area contributed by atoms with E-state index in [4.69, 9.17) is 0 Å². The van der Waals surface area contributed by atoms with Gasteiger partial charge < -0.3 is 0 Å². The lowest BCUT2D eigenvalue weighted by Crippen LogP contribution is -1.95. The van der Waals surface area contributed by atoms with Crippen LogP contribution in [-0.4, -0.2) is 15.5 Å². The maximum atomic E-state index is 4.16. The Balaban J connectivity index is 1.78. The van der Waals surface area contributed by atoms with E-state index in [1.807, 2.05) is 29.7 Å². The molecule has 0 spiro atoms. The van der Waals surface area contributed by atoms with E-state index in [1.54, 1.807) is 0 Å². The Morgan fingerprint density at radius 1 is 1.54 bits per heavy atom. The molecular weight excluding hydrogens is 180 g/mol. The summed E-state index contributed by atoms with van der Waals surface area (Å²) in [6.45, 7) is 0. The lowest BCUT2D eigenvalue weighted by atomic mass is 10.1. The van der Waals surface area contributed by atoms with E-state index < -0.39 is 0 Å². The largest absolute Gasteiger partial charge is 0.275 e. The van der Waals surface area contributed by atoms with Crippen molar-refractivity contribution in [1.82, 2.24) is 9.78 Å². The number of hydrogen-bond acceptors (Lipinski definition) is 2. The van der Waals surface area contributed by atoms with Crippen molar-refractivity contribution in [3.63, 3.8) is 0 Å². The summed E-state index contributed by atoms with van der Waals surface area (Å²) < 4.78 is 1.87. The van der Waals surface area contributed by atoms with Gasteiger partial charge in [0.25, 0.3) is 0 Å². The molecule has 0 atom stereocenters. The molecule has 13 heavy (non-hydrogen) atoms. The van der Waals surface area contributed by atoms with Crippen molar-refractivity contribution in [2.75, 3.05) is 5.75 Å². The Morgan fingerprint density at radius 3 is 2.92 bits per heavy atom. The predicted octanol–water partition coefficient (Wildman–Crippen LogP) is 2.70. The Bertz CT molecular complexity index is 264. The van der Waals surface area contributed by atoms with Gasteiger partial charge in [0.2, 0.25) is 0 Å². The molecule has 0 aromatic carbocycles. The third-order valence-corrected chi connectivity index (χ3v) is 3.82. The summed E-state index contributed by atoms with van der Waals surface area (Å²) in [5, 5.41) is 4.16. The molecule has 0 radical (unpaired) electrons. The number of thioether (sulfide) groups is 1. The van der Waals surface area contributed by atoms with Gasteiger partial charge in [0, 0.05) is 23.9 Å². The molecule has 1 aromatic heterocycles. The molecule has 0 bridgehead atoms. The van der Waals surface area contributed by atoms with Crippen LogP contribution in [0.25, 0.3) is 0 Å². The zero-order valence-corrected chi connectivity index (χ0v) is 8.89. The summed E-state index contributed by atoms with van der Waals surface area (Å²) in [5.41, 5.74) is 0. The van der Waals surface area contributed by atoms with Crippen LogP contribution >= 0.6 is 11.8 Å². The minimum absolute atomic E-state index is 0.963. The Kier molecular flexibility index (Phi) is 2.94. The maximum Gasteiger partial charge on any atom is 0.0625 e. The zero-order valence-electron chi connectivity index (χ0n) is 8.07. The van der Waals surface area contributed by atoms with E-state index in [-0.39, 0.29) is 0 Å². The topological polar surface area (TPSA) is 17.8 Å². The second-order valence-corrected chi connectivity index (χ2v) is 4.90. The first-order chi connectivity index (χ1) is 6.34. The molecule has 0 amide bonds. The lowest BCUT2D eigenvalue weighted by molar-refractivity contribution is 0.623. The standard InChI is InChI=1S/C10H16N2S/c1-12-7-10(6-11-12)13-8-9-4-2-3-5-9/h6-7,9H,2-5,8H2,1H3. The van der Waals surface area contributed by atoms with Gasteiger partial charge in [0.1, 0.15) is 0 Å². The van der Waals surface area contributed by atoms with Crippen LogP contribution in [0, 0.1) is 5.92 Å². The molecule has 1 saturated carbocycles. The molecule has 0 saturated heterocycles. The van der Waals surface area contributed by atoms with Crippen LogP contribution < -0.4 is 0 Å². The molecule has 2 rings (SSSR count). The van der Waals surface area contributed by atoms with E-state index in [1.165, 1.54) is 36.3 Å². The van der Waals surface area contributed by atoms with Crippen LogP contribution in [0.5, 0.6) is 0 Å². The summed E-state index contributed by atoms with van der Waals surface area (Å²) in [4.78, 5) is 1.31. The molecule has 3 heteroatoms. The van der Waals surface area contributed by atoms with Gasteiger partial charge in [-0.2, -0.15) is 5.10 Å². The van der Waals surface area contributed by atoms with Crippen molar-refractivity contribution < 1.29 is 0 Å². The van der Waals surface area contributed by atoms with Crippen LogP contribution in [0.15, 0.2) is 17.3 Å². The predicted molar refractivity (Wildman–Crippen MR) is 55.9 cm³/mol. The second kappa shape index (κ2) is 4.18. The average Bonchev–Trinajstić information content (AvgIpc) is 2.71. The van der Waals surface area contributed by atoms with Crippen LogP contribution in [0.2, 0.25) is 0 Å². The fourth-order valence-corrected chi connectivity index (χ4v) is 2.97. The Hall–Kier alpha value is -0.440. The zero-order chi connectivity index (χ0) is 9.10. The molecule has 0 N–H and O–H groups in total. The van der Waals surface area contributed by atoms with Gasteiger partial charge in [-0.25, -0.2) is 0 Å². The first-order valence-electron chi connectivity index (χ1n) is 4.96. The highest BCUT2D eigenvalue weighted by Crippen LogP contribution is 2.30. The SMILES string of the molecule is Cn1cc(SCC2CCCC2)cn1. The number of hydrogen-bond donors (Lipinski definition) is 0. The summed E-state index contributed by atoms with van der Waals surface area (Å²) in [5.74, 6) is 2.25. The summed E-state index contributed by atoms with van der Waals surface area (Å²) in [7, 11) is 1.97. The molecule has 1 heterocycles.